The molecule has 5 N–H and O–H groups in total. The van der Waals surface area contributed by atoms with Crippen molar-refractivity contribution in [3.8, 4) is 0 Å². The average Bonchev–Trinajstić information content (AvgIpc) is 2.78. The molecule has 18 heavy (non-hydrogen) atoms. The van der Waals surface area contributed by atoms with Gasteiger partial charge in [-0.05, 0) is 6.92 Å². The number of nitrogens with one attached hydrogen (secondary N) is 3. The van der Waals surface area contributed by atoms with E-state index in [1.54, 1.807) is 12.4 Å². The van der Waals surface area contributed by atoms with Crippen LogP contribution in [0, 0.1) is 0 Å². The van der Waals surface area contributed by atoms with Crippen molar-refractivity contribution in [1.82, 2.24) is 20.6 Å². The van der Waals surface area contributed by atoms with Crippen LogP contribution in [0.5, 0.6) is 0 Å². The van der Waals surface area contributed by atoms with Gasteiger partial charge in [0.15, 0.2) is 6.04 Å². The Bertz CT molecular complexity index is 391. The monoisotopic (exact) mass is 256 g/mol. The molecule has 0 aliphatic heterocycles. The lowest BCUT2D eigenvalue weighted by atomic mass is 10.2. The van der Waals surface area contributed by atoms with E-state index < -0.39 is 24.1 Å². The number of urea groups is 1. The van der Waals surface area contributed by atoms with Crippen LogP contribution in [0.1, 0.15) is 12.7 Å². The maximum absolute atomic E-state index is 11.4. The minimum absolute atomic E-state index is 0.311. The number of rotatable bonds is 6. The average molecular weight is 256 g/mol. The normalized spacial score (nSPS) is 13.7. The fourth-order valence-corrected chi connectivity index (χ4v) is 1.31. The SMILES string of the molecule is C[C@@H](O)[C@H](NC(=O)NCCc1ncc[nH]1)C(=O)O. The zero-order valence-electron chi connectivity index (χ0n) is 9.88. The lowest BCUT2D eigenvalue weighted by molar-refractivity contribution is -0.141. The van der Waals surface area contributed by atoms with Gasteiger partial charge in [-0.15, -0.1) is 0 Å². The van der Waals surface area contributed by atoms with Gasteiger partial charge in [0, 0.05) is 25.4 Å². The third-order valence-electron chi connectivity index (χ3n) is 2.24. The molecule has 0 aliphatic carbocycles. The summed E-state index contributed by atoms with van der Waals surface area (Å²) < 4.78 is 0. The molecule has 1 heterocycles. The fourth-order valence-electron chi connectivity index (χ4n) is 1.31. The zero-order chi connectivity index (χ0) is 13.5. The zero-order valence-corrected chi connectivity index (χ0v) is 9.88. The van der Waals surface area contributed by atoms with Gasteiger partial charge in [0.1, 0.15) is 5.82 Å². The highest BCUT2D eigenvalue weighted by Gasteiger charge is 2.24. The van der Waals surface area contributed by atoms with Gasteiger partial charge in [0.05, 0.1) is 6.10 Å². The molecule has 1 rings (SSSR count). The number of carboxylic acids is 1. The number of aromatic amines is 1. The maximum atomic E-state index is 11.4. The first-order chi connectivity index (χ1) is 8.50. The van der Waals surface area contributed by atoms with Gasteiger partial charge in [-0.2, -0.15) is 0 Å². The molecular weight excluding hydrogens is 240 g/mol. The van der Waals surface area contributed by atoms with E-state index in [1.165, 1.54) is 6.92 Å². The first-order valence-electron chi connectivity index (χ1n) is 5.44. The number of aromatic nitrogens is 2. The highest BCUT2D eigenvalue weighted by molar-refractivity contribution is 5.82. The van der Waals surface area contributed by atoms with Crippen LogP contribution < -0.4 is 10.6 Å². The predicted octanol–water partition coefficient (Wildman–Crippen LogP) is -0.915. The van der Waals surface area contributed by atoms with Crippen LogP contribution in [0.3, 0.4) is 0 Å². The number of carbonyl (C=O) groups excluding carboxylic acids is 1. The van der Waals surface area contributed by atoms with Crippen molar-refractivity contribution < 1.29 is 19.8 Å². The number of carboxylic acid groups (broad SMARTS) is 1. The Hall–Kier alpha value is -2.09. The molecule has 0 saturated heterocycles. The molecule has 0 unspecified atom stereocenters. The van der Waals surface area contributed by atoms with Crippen molar-refractivity contribution >= 4 is 12.0 Å². The smallest absolute Gasteiger partial charge is 0.328 e. The second-order valence-electron chi connectivity index (χ2n) is 3.74. The largest absolute Gasteiger partial charge is 0.480 e. The number of aliphatic hydroxyl groups is 1. The number of aliphatic hydroxyl groups excluding tert-OH is 1. The molecular formula is C10H16N4O4. The summed E-state index contributed by atoms with van der Waals surface area (Å²) >= 11 is 0. The van der Waals surface area contributed by atoms with Crippen molar-refractivity contribution in [2.45, 2.75) is 25.5 Å². The third-order valence-corrected chi connectivity index (χ3v) is 2.24. The van der Waals surface area contributed by atoms with E-state index >= 15 is 0 Å². The molecule has 1 aromatic heterocycles. The van der Waals surface area contributed by atoms with Crippen LogP contribution >= 0.6 is 0 Å². The Morgan fingerprint density at radius 1 is 1.56 bits per heavy atom. The van der Waals surface area contributed by atoms with Gasteiger partial charge >= 0.3 is 12.0 Å². The van der Waals surface area contributed by atoms with Crippen LogP contribution in [0.2, 0.25) is 0 Å². The molecule has 0 bridgehead atoms. The van der Waals surface area contributed by atoms with Gasteiger partial charge in [0.25, 0.3) is 0 Å². The van der Waals surface area contributed by atoms with E-state index in [4.69, 9.17) is 10.2 Å². The predicted molar refractivity (Wildman–Crippen MR) is 61.9 cm³/mol. The van der Waals surface area contributed by atoms with Gasteiger partial charge in [0.2, 0.25) is 0 Å². The Labute approximate surface area is 103 Å². The van der Waals surface area contributed by atoms with E-state index in [-0.39, 0.29) is 0 Å². The number of carbonyl (C=O) groups is 2. The summed E-state index contributed by atoms with van der Waals surface area (Å²) in [5.41, 5.74) is 0. The summed E-state index contributed by atoms with van der Waals surface area (Å²) in [5.74, 6) is -0.563. The summed E-state index contributed by atoms with van der Waals surface area (Å²) in [5, 5.41) is 22.6. The first-order valence-corrected chi connectivity index (χ1v) is 5.44. The van der Waals surface area contributed by atoms with Crippen LogP contribution in [0.15, 0.2) is 12.4 Å². The lowest BCUT2D eigenvalue weighted by Crippen LogP contribution is -2.51. The summed E-state index contributed by atoms with van der Waals surface area (Å²) in [6.07, 6.45) is 2.61. The van der Waals surface area contributed by atoms with Gasteiger partial charge in [-0.3, -0.25) is 0 Å². The van der Waals surface area contributed by atoms with Crippen molar-refractivity contribution in [3.63, 3.8) is 0 Å². The number of hydrogen-bond donors (Lipinski definition) is 5. The first kappa shape index (κ1) is 14.0. The van der Waals surface area contributed by atoms with Crippen LogP contribution in [-0.2, 0) is 11.2 Å². The topological polar surface area (TPSA) is 127 Å². The molecule has 2 amide bonds. The van der Waals surface area contributed by atoms with Gasteiger partial charge in [-0.25, -0.2) is 14.6 Å². The maximum Gasteiger partial charge on any atom is 0.328 e. The van der Waals surface area contributed by atoms with Gasteiger partial charge in [-0.1, -0.05) is 0 Å². The van der Waals surface area contributed by atoms with E-state index in [1.807, 2.05) is 0 Å². The van der Waals surface area contributed by atoms with E-state index in [9.17, 15) is 9.59 Å². The van der Waals surface area contributed by atoms with Crippen LogP contribution in [0.4, 0.5) is 4.79 Å². The molecule has 0 fully saturated rings. The molecule has 0 spiro atoms. The quantitative estimate of drug-likeness (QED) is 0.450. The number of amides is 2. The minimum Gasteiger partial charge on any atom is -0.480 e. The Balaban J connectivity index is 2.30. The molecule has 2 atom stereocenters. The lowest BCUT2D eigenvalue weighted by Gasteiger charge is -2.17. The van der Waals surface area contributed by atoms with Crippen molar-refractivity contribution in [2.24, 2.45) is 0 Å². The van der Waals surface area contributed by atoms with E-state index in [0.29, 0.717) is 13.0 Å². The van der Waals surface area contributed by atoms with Crippen molar-refractivity contribution in [2.75, 3.05) is 6.54 Å². The molecule has 8 nitrogen and oxygen atoms in total. The number of H-pyrrole nitrogens is 1. The highest BCUT2D eigenvalue weighted by Crippen LogP contribution is 1.93. The minimum atomic E-state index is -1.33. The number of aliphatic carboxylic acids is 1. The second-order valence-corrected chi connectivity index (χ2v) is 3.74. The van der Waals surface area contributed by atoms with Crippen molar-refractivity contribution in [1.29, 1.82) is 0 Å². The molecule has 0 saturated carbocycles. The van der Waals surface area contributed by atoms with E-state index in [2.05, 4.69) is 20.6 Å². The van der Waals surface area contributed by atoms with Gasteiger partial charge < -0.3 is 25.8 Å². The van der Waals surface area contributed by atoms with Crippen LogP contribution in [-0.4, -0.2) is 50.9 Å². The molecule has 8 heteroatoms. The van der Waals surface area contributed by atoms with E-state index in [0.717, 1.165) is 5.82 Å². The highest BCUT2D eigenvalue weighted by atomic mass is 16.4. The number of hydrogen-bond acceptors (Lipinski definition) is 4. The second kappa shape index (κ2) is 6.60. The molecule has 100 valence electrons. The molecule has 1 aromatic rings. The number of imidazole rings is 1. The summed E-state index contributed by atoms with van der Waals surface area (Å²) in [6, 6.07) is -1.97. The third kappa shape index (κ3) is 4.42. The molecule has 0 aromatic carbocycles. The number of nitrogens with zero attached hydrogens (tertiary/aromatic N) is 1. The summed E-state index contributed by atoms with van der Waals surface area (Å²) in [6.45, 7) is 1.60. The standard InChI is InChI=1S/C10H16N4O4/c1-6(15)8(9(16)17)14-10(18)13-3-2-7-11-4-5-12-7/h4-6,8,15H,2-3H2,1H3,(H,11,12)(H,16,17)(H2,13,14,18)/t6-,8+/m1/s1. The van der Waals surface area contributed by atoms with Crippen molar-refractivity contribution in [3.05, 3.63) is 18.2 Å². The van der Waals surface area contributed by atoms with Crippen LogP contribution in [0.25, 0.3) is 0 Å². The molecule has 0 radical (unpaired) electrons. The Morgan fingerprint density at radius 2 is 2.28 bits per heavy atom. The fraction of sp³-hybridized carbons (Fsp3) is 0.500. The molecule has 0 aliphatic rings. The Morgan fingerprint density at radius 3 is 2.78 bits per heavy atom. The Kier molecular flexibility index (Phi) is 5.12. The summed E-state index contributed by atoms with van der Waals surface area (Å²) in [4.78, 5) is 28.9. The summed E-state index contributed by atoms with van der Waals surface area (Å²) in [7, 11) is 0.